The number of aromatic nitrogens is 2. The Hall–Kier alpha value is -3.41. The second-order valence-corrected chi connectivity index (χ2v) is 7.96. The van der Waals surface area contributed by atoms with Gasteiger partial charge in [0, 0.05) is 37.0 Å². The fraction of sp³-hybridized carbons (Fsp3) is 0.346. The molecule has 2 aromatic carbocycles. The Morgan fingerprint density at radius 2 is 1.69 bits per heavy atom. The Balaban J connectivity index is 1.52. The maximum Gasteiger partial charge on any atom is 0.267 e. The van der Waals surface area contributed by atoms with Crippen molar-refractivity contribution in [2.24, 2.45) is 0 Å². The molecule has 0 saturated carbocycles. The van der Waals surface area contributed by atoms with Gasteiger partial charge in [-0.1, -0.05) is 61.4 Å². The molecule has 168 valence electrons. The minimum Gasteiger partial charge on any atom is -0.371 e. The molecule has 0 unspecified atom stereocenters. The van der Waals surface area contributed by atoms with Gasteiger partial charge in [-0.05, 0) is 38.0 Å². The van der Waals surface area contributed by atoms with Crippen LogP contribution in [0.5, 0.6) is 0 Å². The van der Waals surface area contributed by atoms with Crippen LogP contribution in [0.1, 0.15) is 31.7 Å². The zero-order valence-corrected chi connectivity index (χ0v) is 19.0. The van der Waals surface area contributed by atoms with Gasteiger partial charge in [0.15, 0.2) is 0 Å². The summed E-state index contributed by atoms with van der Waals surface area (Å²) in [7, 11) is 0. The van der Waals surface area contributed by atoms with Crippen LogP contribution in [-0.4, -0.2) is 35.3 Å². The van der Waals surface area contributed by atoms with Crippen molar-refractivity contribution in [1.29, 1.82) is 0 Å². The summed E-state index contributed by atoms with van der Waals surface area (Å²) in [6.07, 6.45) is 3.10. The topological polar surface area (TPSA) is 67.2 Å². The highest BCUT2D eigenvalue weighted by Gasteiger charge is 2.09. The molecule has 0 saturated heterocycles. The van der Waals surface area contributed by atoms with E-state index in [1.165, 1.54) is 16.4 Å². The molecule has 0 aliphatic heterocycles. The highest BCUT2D eigenvalue weighted by Crippen LogP contribution is 2.16. The number of carbonyl (C=O) groups excluding carboxylic acids is 1. The third kappa shape index (κ3) is 6.80. The average Bonchev–Trinajstić information content (AvgIpc) is 2.81. The quantitative estimate of drug-likeness (QED) is 0.465. The number of nitrogens with zero attached hydrogens (tertiary/aromatic N) is 3. The summed E-state index contributed by atoms with van der Waals surface area (Å²) < 4.78 is 1.22. The van der Waals surface area contributed by atoms with Crippen molar-refractivity contribution in [3.63, 3.8) is 0 Å². The first-order chi connectivity index (χ1) is 15.6. The van der Waals surface area contributed by atoms with Crippen LogP contribution in [0.25, 0.3) is 11.3 Å². The predicted octanol–water partition coefficient (Wildman–Crippen LogP) is 4.03. The molecule has 3 aromatic rings. The lowest BCUT2D eigenvalue weighted by molar-refractivity contribution is -0.121. The Bertz CT molecular complexity index is 1050. The molecule has 0 spiro atoms. The number of hydrogen-bond donors (Lipinski definition) is 1. The van der Waals surface area contributed by atoms with Gasteiger partial charge >= 0.3 is 0 Å². The smallest absolute Gasteiger partial charge is 0.267 e. The molecule has 3 rings (SSSR count). The van der Waals surface area contributed by atoms with Crippen LogP contribution in [0.4, 0.5) is 5.69 Å². The van der Waals surface area contributed by atoms with Gasteiger partial charge in [0.25, 0.3) is 5.56 Å². The van der Waals surface area contributed by atoms with Crippen LogP contribution < -0.4 is 15.8 Å². The van der Waals surface area contributed by atoms with Crippen molar-refractivity contribution >= 4 is 11.6 Å². The fourth-order valence-corrected chi connectivity index (χ4v) is 3.49. The minimum atomic E-state index is -0.286. The van der Waals surface area contributed by atoms with E-state index in [0.29, 0.717) is 12.2 Å². The monoisotopic (exact) mass is 432 g/mol. The largest absolute Gasteiger partial charge is 0.371 e. The van der Waals surface area contributed by atoms with Gasteiger partial charge in [-0.3, -0.25) is 9.59 Å². The molecule has 6 nitrogen and oxygen atoms in total. The lowest BCUT2D eigenvalue weighted by atomic mass is 10.1. The van der Waals surface area contributed by atoms with E-state index >= 15 is 0 Å². The van der Waals surface area contributed by atoms with E-state index in [-0.39, 0.29) is 18.0 Å². The van der Waals surface area contributed by atoms with Crippen molar-refractivity contribution in [3.05, 3.63) is 82.6 Å². The van der Waals surface area contributed by atoms with Crippen LogP contribution >= 0.6 is 0 Å². The lowest BCUT2D eigenvalue weighted by Gasteiger charge is -2.24. The van der Waals surface area contributed by atoms with Crippen LogP contribution in [0.3, 0.4) is 0 Å². The standard InChI is InChI=1S/C26H32N4O2/c1-3-4-18-29(23-9-6-5-7-10-23)19-8-17-27-25(31)20-30-26(32)16-15-24(28-30)22-13-11-21(2)12-14-22/h5-7,9-16H,3-4,8,17-20H2,1-2H3,(H,27,31). The molecule has 0 radical (unpaired) electrons. The van der Waals surface area contributed by atoms with E-state index in [9.17, 15) is 9.59 Å². The van der Waals surface area contributed by atoms with Gasteiger partial charge < -0.3 is 10.2 Å². The first kappa shape index (κ1) is 23.3. The number of carbonyl (C=O) groups is 1. The molecule has 0 aliphatic rings. The molecule has 1 aromatic heterocycles. The second kappa shape index (κ2) is 11.8. The van der Waals surface area contributed by atoms with Gasteiger partial charge in [0.05, 0.1) is 5.69 Å². The molecule has 1 heterocycles. The summed E-state index contributed by atoms with van der Waals surface area (Å²) >= 11 is 0. The number of para-hydroxylation sites is 1. The molecule has 1 N–H and O–H groups in total. The predicted molar refractivity (Wildman–Crippen MR) is 130 cm³/mol. The zero-order chi connectivity index (χ0) is 22.8. The Kier molecular flexibility index (Phi) is 8.61. The Labute approximate surface area is 189 Å². The average molecular weight is 433 g/mol. The Morgan fingerprint density at radius 3 is 2.41 bits per heavy atom. The molecule has 0 aliphatic carbocycles. The van der Waals surface area contributed by atoms with Gasteiger partial charge in [-0.25, -0.2) is 4.68 Å². The van der Waals surface area contributed by atoms with Crippen molar-refractivity contribution < 1.29 is 4.79 Å². The normalized spacial score (nSPS) is 10.7. The van der Waals surface area contributed by atoms with Crippen molar-refractivity contribution in [3.8, 4) is 11.3 Å². The van der Waals surface area contributed by atoms with Gasteiger partial charge in [-0.2, -0.15) is 5.10 Å². The van der Waals surface area contributed by atoms with Crippen LogP contribution in [0.15, 0.2) is 71.5 Å². The van der Waals surface area contributed by atoms with Crippen LogP contribution in [0, 0.1) is 6.92 Å². The van der Waals surface area contributed by atoms with Gasteiger partial charge in [-0.15, -0.1) is 0 Å². The summed E-state index contributed by atoms with van der Waals surface area (Å²) in [4.78, 5) is 27.0. The number of unbranched alkanes of at least 4 members (excludes halogenated alkanes) is 1. The van der Waals surface area contributed by atoms with Crippen LogP contribution in [-0.2, 0) is 11.3 Å². The number of amides is 1. The SMILES string of the molecule is CCCCN(CCCNC(=O)Cn1nc(-c2ccc(C)cc2)ccc1=O)c1ccccc1. The molecule has 1 amide bonds. The van der Waals surface area contributed by atoms with E-state index in [4.69, 9.17) is 0 Å². The van der Waals surface area contributed by atoms with Crippen LogP contribution in [0.2, 0.25) is 0 Å². The number of aryl methyl sites for hydroxylation is 1. The molecular weight excluding hydrogens is 400 g/mol. The maximum absolute atomic E-state index is 12.4. The first-order valence-electron chi connectivity index (χ1n) is 11.3. The number of rotatable bonds is 11. The third-order valence-electron chi connectivity index (χ3n) is 5.34. The number of anilines is 1. The summed E-state index contributed by atoms with van der Waals surface area (Å²) in [5.41, 5.74) is 3.66. The van der Waals surface area contributed by atoms with E-state index in [2.05, 4.69) is 34.4 Å². The minimum absolute atomic E-state index is 0.0865. The molecule has 32 heavy (non-hydrogen) atoms. The molecule has 0 fully saturated rings. The molecule has 0 bridgehead atoms. The molecule has 0 atom stereocenters. The van der Waals surface area contributed by atoms with E-state index in [1.54, 1.807) is 6.07 Å². The van der Waals surface area contributed by atoms with Gasteiger partial charge in [0.2, 0.25) is 5.91 Å². The summed E-state index contributed by atoms with van der Waals surface area (Å²) in [5, 5.41) is 7.30. The second-order valence-electron chi connectivity index (χ2n) is 7.96. The third-order valence-corrected chi connectivity index (χ3v) is 5.34. The highest BCUT2D eigenvalue weighted by atomic mass is 16.2. The number of hydrogen-bond acceptors (Lipinski definition) is 4. The van der Waals surface area contributed by atoms with Gasteiger partial charge in [0.1, 0.15) is 6.54 Å². The molecule has 6 heteroatoms. The van der Waals surface area contributed by atoms with E-state index in [0.717, 1.165) is 43.5 Å². The first-order valence-corrected chi connectivity index (χ1v) is 11.3. The highest BCUT2D eigenvalue weighted by molar-refractivity contribution is 5.75. The Morgan fingerprint density at radius 1 is 0.969 bits per heavy atom. The van der Waals surface area contributed by atoms with Crippen molar-refractivity contribution in [2.75, 3.05) is 24.5 Å². The van der Waals surface area contributed by atoms with E-state index in [1.807, 2.05) is 49.4 Å². The molecular formula is C26H32N4O2. The van der Waals surface area contributed by atoms with Crippen molar-refractivity contribution in [1.82, 2.24) is 15.1 Å². The number of benzene rings is 2. The fourth-order valence-electron chi connectivity index (χ4n) is 3.49. The zero-order valence-electron chi connectivity index (χ0n) is 19.0. The maximum atomic E-state index is 12.4. The number of nitrogens with one attached hydrogen (secondary N) is 1. The summed E-state index contributed by atoms with van der Waals surface area (Å²) in [6, 6.07) is 21.4. The summed E-state index contributed by atoms with van der Waals surface area (Å²) in [5.74, 6) is -0.208. The summed E-state index contributed by atoms with van der Waals surface area (Å²) in [6.45, 7) is 6.54. The van der Waals surface area contributed by atoms with E-state index < -0.39 is 0 Å². The lowest BCUT2D eigenvalue weighted by Crippen LogP contribution is -2.35. The van der Waals surface area contributed by atoms with Crippen molar-refractivity contribution in [2.45, 2.75) is 39.7 Å².